The number of unbranched alkanes of at least 4 members (excludes halogenated alkanes) is 1. The largest absolute Gasteiger partial charge is 0.497 e. The van der Waals surface area contributed by atoms with E-state index >= 15 is 0 Å². The van der Waals surface area contributed by atoms with Gasteiger partial charge in [0.25, 0.3) is 0 Å². The highest BCUT2D eigenvalue weighted by molar-refractivity contribution is 7.89. The molecule has 2 N–H and O–H groups in total. The number of anilines is 1. The first kappa shape index (κ1) is 29.3. The van der Waals surface area contributed by atoms with Crippen LogP contribution in [0.5, 0.6) is 11.5 Å². The summed E-state index contributed by atoms with van der Waals surface area (Å²) >= 11 is 0. The molecule has 0 saturated carbocycles. The summed E-state index contributed by atoms with van der Waals surface area (Å²) in [5.41, 5.74) is 1.26. The number of ether oxygens (including phenoxy) is 2. The summed E-state index contributed by atoms with van der Waals surface area (Å²) in [4.78, 5) is 14.5. The molecule has 2 aromatic carbocycles. The third kappa shape index (κ3) is 6.98. The molecule has 0 fully saturated rings. The van der Waals surface area contributed by atoms with Gasteiger partial charge in [-0.05, 0) is 55.8 Å². The molecule has 0 radical (unpaired) electrons. The van der Waals surface area contributed by atoms with Gasteiger partial charge in [0.05, 0.1) is 20.3 Å². The Hall–Kier alpha value is -3.26. The molecule has 0 aliphatic carbocycles. The Morgan fingerprint density at radius 2 is 2.00 bits per heavy atom. The number of hydrogen-bond acceptors (Lipinski definition) is 6. The number of carbonyl (C=O) groups excluding carboxylic acids is 1. The van der Waals surface area contributed by atoms with Crippen molar-refractivity contribution in [2.24, 2.45) is 5.92 Å². The zero-order chi connectivity index (χ0) is 27.9. The quantitative estimate of drug-likeness (QED) is 0.515. The van der Waals surface area contributed by atoms with Gasteiger partial charge in [-0.15, -0.1) is 0 Å². The van der Waals surface area contributed by atoms with Crippen LogP contribution in [-0.4, -0.2) is 74.8 Å². The highest BCUT2D eigenvalue weighted by Crippen LogP contribution is 2.34. The van der Waals surface area contributed by atoms with Crippen molar-refractivity contribution >= 4 is 21.7 Å². The van der Waals surface area contributed by atoms with Crippen molar-refractivity contribution in [1.29, 1.82) is 0 Å². The van der Waals surface area contributed by atoms with Gasteiger partial charge in [-0.1, -0.05) is 25.7 Å². The summed E-state index contributed by atoms with van der Waals surface area (Å²) in [5, 5.41) is 12.7. The van der Waals surface area contributed by atoms with E-state index in [4.69, 9.17) is 9.47 Å². The van der Waals surface area contributed by atoms with Crippen molar-refractivity contribution in [3.05, 3.63) is 48.0 Å². The van der Waals surface area contributed by atoms with Crippen LogP contribution in [0.2, 0.25) is 0 Å². The van der Waals surface area contributed by atoms with Gasteiger partial charge in [0.2, 0.25) is 10.0 Å². The van der Waals surface area contributed by atoms with Crippen LogP contribution >= 0.6 is 0 Å². The normalized spacial score (nSPS) is 19.4. The number of aliphatic hydroxyl groups excluding tert-OH is 1. The first-order valence-corrected chi connectivity index (χ1v) is 14.1. The van der Waals surface area contributed by atoms with Gasteiger partial charge < -0.3 is 24.8 Å². The third-order valence-corrected chi connectivity index (χ3v) is 8.44. The maximum absolute atomic E-state index is 13.6. The summed E-state index contributed by atoms with van der Waals surface area (Å²) in [5.74, 6) is 6.71. The Kier molecular flexibility index (Phi) is 10.0. The van der Waals surface area contributed by atoms with Crippen LogP contribution < -0.4 is 14.8 Å². The fourth-order valence-corrected chi connectivity index (χ4v) is 5.88. The second kappa shape index (κ2) is 13.0. The zero-order valence-electron chi connectivity index (χ0n) is 22.6. The van der Waals surface area contributed by atoms with Gasteiger partial charge in [-0.25, -0.2) is 13.2 Å². The van der Waals surface area contributed by atoms with E-state index in [0.29, 0.717) is 17.0 Å². The highest BCUT2D eigenvalue weighted by atomic mass is 32.2. The molecule has 3 atom stereocenters. The standard InChI is InChI=1S/C28H37N3O6S/c1-6-7-8-9-22-10-15-27-25(16-22)37-26(20(2)17-31(21(3)19-32)38(27,34)35)18-30(4)28(33)29-23-11-13-24(36-5)14-12-23/h10-16,20-21,26,32H,6-7,17-19H2,1-5H3,(H,29,33)/t20-,21-,26-/m1/s1. The number of sulfonamides is 1. The van der Waals surface area contributed by atoms with Crippen molar-refractivity contribution in [2.75, 3.05) is 39.2 Å². The smallest absolute Gasteiger partial charge is 0.321 e. The molecule has 0 unspecified atom stereocenters. The number of benzene rings is 2. The van der Waals surface area contributed by atoms with E-state index in [1.54, 1.807) is 57.5 Å². The average Bonchev–Trinajstić information content (AvgIpc) is 2.90. The summed E-state index contributed by atoms with van der Waals surface area (Å²) in [6.07, 6.45) is 1.12. The van der Waals surface area contributed by atoms with Crippen molar-refractivity contribution in [3.63, 3.8) is 0 Å². The van der Waals surface area contributed by atoms with Crippen molar-refractivity contribution in [3.8, 4) is 23.3 Å². The summed E-state index contributed by atoms with van der Waals surface area (Å²) in [6, 6.07) is 10.8. The van der Waals surface area contributed by atoms with Gasteiger partial charge in [-0.3, -0.25) is 0 Å². The zero-order valence-corrected chi connectivity index (χ0v) is 23.4. The molecule has 0 aromatic heterocycles. The number of amides is 2. The molecule has 206 valence electrons. The van der Waals surface area contributed by atoms with Crippen LogP contribution in [0, 0.1) is 17.8 Å². The molecular formula is C28H37N3O6S. The van der Waals surface area contributed by atoms with E-state index in [9.17, 15) is 18.3 Å². The second-order valence-electron chi connectivity index (χ2n) is 9.49. The number of carbonyl (C=O) groups is 1. The minimum absolute atomic E-state index is 0.0149. The molecule has 10 heteroatoms. The molecule has 0 bridgehead atoms. The van der Waals surface area contributed by atoms with Crippen molar-refractivity contribution in [2.45, 2.75) is 50.7 Å². The molecule has 1 heterocycles. The number of likely N-dealkylation sites (N-methyl/N-ethyl adjacent to an activating group) is 1. The van der Waals surface area contributed by atoms with E-state index in [1.807, 2.05) is 13.8 Å². The molecule has 3 rings (SSSR count). The molecule has 0 spiro atoms. The number of rotatable bonds is 7. The number of nitrogens with zero attached hydrogens (tertiary/aromatic N) is 2. The molecule has 9 nitrogen and oxygen atoms in total. The molecule has 2 amide bonds. The lowest BCUT2D eigenvalue weighted by Gasteiger charge is -2.37. The molecule has 38 heavy (non-hydrogen) atoms. The Morgan fingerprint density at radius 1 is 1.29 bits per heavy atom. The van der Waals surface area contributed by atoms with Gasteiger partial charge in [0.1, 0.15) is 22.5 Å². The minimum Gasteiger partial charge on any atom is -0.497 e. The minimum atomic E-state index is -3.95. The number of fused-ring (bicyclic) bond motifs is 1. The predicted octanol–water partition coefficient (Wildman–Crippen LogP) is 3.78. The van der Waals surface area contributed by atoms with E-state index in [0.717, 1.165) is 12.8 Å². The number of methoxy groups -OCH3 is 1. The van der Waals surface area contributed by atoms with Crippen molar-refractivity contribution in [1.82, 2.24) is 9.21 Å². The van der Waals surface area contributed by atoms with Gasteiger partial charge in [0.15, 0.2) is 0 Å². The van der Waals surface area contributed by atoms with Gasteiger partial charge >= 0.3 is 6.03 Å². The number of aliphatic hydroxyl groups is 1. The molecular weight excluding hydrogens is 506 g/mol. The predicted molar refractivity (Wildman–Crippen MR) is 147 cm³/mol. The van der Waals surface area contributed by atoms with E-state index in [2.05, 4.69) is 17.2 Å². The molecule has 1 aliphatic rings. The van der Waals surface area contributed by atoms with Crippen LogP contribution in [0.4, 0.5) is 10.5 Å². The maximum atomic E-state index is 13.6. The van der Waals surface area contributed by atoms with Crippen LogP contribution in [-0.2, 0) is 10.0 Å². The monoisotopic (exact) mass is 543 g/mol. The van der Waals surface area contributed by atoms with Gasteiger partial charge in [0, 0.05) is 43.2 Å². The molecule has 2 aromatic rings. The Morgan fingerprint density at radius 3 is 2.63 bits per heavy atom. The summed E-state index contributed by atoms with van der Waals surface area (Å²) < 4.78 is 40.0. The topological polar surface area (TPSA) is 108 Å². The first-order valence-electron chi connectivity index (χ1n) is 12.7. The van der Waals surface area contributed by atoms with E-state index < -0.39 is 22.2 Å². The summed E-state index contributed by atoms with van der Waals surface area (Å²) in [6.45, 7) is 5.59. The SMILES string of the molecule is CCCC#Cc1ccc2c(c1)O[C@H](CN(C)C(=O)Nc1ccc(OC)cc1)[C@H](C)CN([C@H](C)CO)S2(=O)=O. The van der Waals surface area contributed by atoms with Crippen LogP contribution in [0.1, 0.15) is 39.2 Å². The first-order chi connectivity index (χ1) is 18.1. The lowest BCUT2D eigenvalue weighted by Crippen LogP contribution is -2.50. The van der Waals surface area contributed by atoms with E-state index in [1.165, 1.54) is 15.3 Å². The van der Waals surface area contributed by atoms with Gasteiger partial charge in [-0.2, -0.15) is 4.31 Å². The summed E-state index contributed by atoms with van der Waals surface area (Å²) in [7, 11) is -0.714. The highest BCUT2D eigenvalue weighted by Gasteiger charge is 2.38. The second-order valence-corrected chi connectivity index (χ2v) is 11.4. The average molecular weight is 544 g/mol. The fourth-order valence-electron chi connectivity index (χ4n) is 4.06. The van der Waals surface area contributed by atoms with Crippen LogP contribution in [0.15, 0.2) is 47.4 Å². The molecule has 0 saturated heterocycles. The lowest BCUT2D eigenvalue weighted by molar-refractivity contribution is 0.0830. The van der Waals surface area contributed by atoms with E-state index in [-0.39, 0.29) is 42.3 Å². The fraction of sp³-hybridized carbons (Fsp3) is 0.464. The third-order valence-electron chi connectivity index (χ3n) is 6.42. The number of nitrogens with one attached hydrogen (secondary N) is 1. The van der Waals surface area contributed by atoms with Crippen LogP contribution in [0.3, 0.4) is 0 Å². The Labute approximate surface area is 225 Å². The maximum Gasteiger partial charge on any atom is 0.321 e. The Bertz CT molecular complexity index is 1270. The molecule has 1 aliphatic heterocycles. The Balaban J connectivity index is 1.91. The van der Waals surface area contributed by atoms with Crippen LogP contribution in [0.25, 0.3) is 0 Å². The number of hydrogen-bond donors (Lipinski definition) is 2. The van der Waals surface area contributed by atoms with Crippen molar-refractivity contribution < 1.29 is 27.8 Å². The lowest BCUT2D eigenvalue weighted by atomic mass is 10.0. The number of urea groups is 1.